The number of methoxy groups -OCH3 is 1. The molecule has 0 amide bonds. The van der Waals surface area contributed by atoms with Crippen LogP contribution in [0.15, 0.2) is 36.7 Å². The zero-order chi connectivity index (χ0) is 13.5. The maximum Gasteiger partial charge on any atom is 0.182 e. The predicted molar refractivity (Wildman–Crippen MR) is 71.2 cm³/mol. The van der Waals surface area contributed by atoms with Crippen molar-refractivity contribution in [1.82, 2.24) is 9.97 Å². The Morgan fingerprint density at radius 1 is 1.26 bits per heavy atom. The highest BCUT2D eigenvalue weighted by molar-refractivity contribution is 5.47. The van der Waals surface area contributed by atoms with Crippen LogP contribution in [0.25, 0.3) is 0 Å². The fraction of sp³-hybridized carbons (Fsp3) is 0.214. The fourth-order valence-corrected chi connectivity index (χ4v) is 1.73. The van der Waals surface area contributed by atoms with Crippen molar-refractivity contribution in [2.45, 2.75) is 13.2 Å². The van der Waals surface area contributed by atoms with E-state index in [-0.39, 0.29) is 0 Å². The SMILES string of the molecule is COCc1cccc(CNc2nccnc2C#N)c1. The second-order valence-electron chi connectivity index (χ2n) is 3.97. The number of nitriles is 1. The van der Waals surface area contributed by atoms with Gasteiger partial charge in [0.15, 0.2) is 11.5 Å². The van der Waals surface area contributed by atoms with Crippen molar-refractivity contribution in [2.75, 3.05) is 12.4 Å². The van der Waals surface area contributed by atoms with Gasteiger partial charge in [0.2, 0.25) is 0 Å². The largest absolute Gasteiger partial charge is 0.380 e. The first-order valence-electron chi connectivity index (χ1n) is 5.85. The van der Waals surface area contributed by atoms with Crippen LogP contribution in [-0.2, 0) is 17.9 Å². The minimum atomic E-state index is 0.301. The molecule has 0 saturated heterocycles. The van der Waals surface area contributed by atoms with Crippen LogP contribution in [0.1, 0.15) is 16.8 Å². The third-order valence-corrected chi connectivity index (χ3v) is 2.57. The van der Waals surface area contributed by atoms with Crippen LogP contribution in [-0.4, -0.2) is 17.1 Å². The molecule has 0 unspecified atom stereocenters. The summed E-state index contributed by atoms with van der Waals surface area (Å²) in [7, 11) is 1.67. The summed E-state index contributed by atoms with van der Waals surface area (Å²) >= 11 is 0. The average Bonchev–Trinajstić information content (AvgIpc) is 2.46. The summed E-state index contributed by atoms with van der Waals surface area (Å²) in [5, 5.41) is 12.0. The quantitative estimate of drug-likeness (QED) is 0.884. The van der Waals surface area contributed by atoms with Crippen LogP contribution in [0.5, 0.6) is 0 Å². The number of benzene rings is 1. The summed E-state index contributed by atoms with van der Waals surface area (Å²) in [4.78, 5) is 8.05. The standard InChI is InChI=1S/C14H14N4O/c1-19-10-12-4-2-3-11(7-12)9-18-14-13(8-15)16-5-6-17-14/h2-7H,9-10H2,1H3,(H,17,18). The lowest BCUT2D eigenvalue weighted by Gasteiger charge is -2.07. The molecule has 2 rings (SSSR count). The van der Waals surface area contributed by atoms with E-state index < -0.39 is 0 Å². The van der Waals surface area contributed by atoms with Crippen molar-refractivity contribution in [3.8, 4) is 6.07 Å². The van der Waals surface area contributed by atoms with Crippen LogP contribution in [0.2, 0.25) is 0 Å². The lowest BCUT2D eigenvalue weighted by Crippen LogP contribution is -2.04. The van der Waals surface area contributed by atoms with Crippen LogP contribution < -0.4 is 5.32 Å². The first kappa shape index (κ1) is 13.0. The van der Waals surface area contributed by atoms with Gasteiger partial charge in [-0.2, -0.15) is 5.26 Å². The number of hydrogen-bond donors (Lipinski definition) is 1. The highest BCUT2D eigenvalue weighted by Crippen LogP contribution is 2.11. The number of ether oxygens (including phenoxy) is 1. The van der Waals surface area contributed by atoms with Gasteiger partial charge in [-0.3, -0.25) is 0 Å². The molecule has 0 aliphatic heterocycles. The Morgan fingerprint density at radius 2 is 2.05 bits per heavy atom. The first-order chi connectivity index (χ1) is 9.33. The lowest BCUT2D eigenvalue weighted by molar-refractivity contribution is 0.185. The van der Waals surface area contributed by atoms with E-state index in [4.69, 9.17) is 10.00 Å². The van der Waals surface area contributed by atoms with Gasteiger partial charge in [0.25, 0.3) is 0 Å². The van der Waals surface area contributed by atoms with E-state index >= 15 is 0 Å². The van der Waals surface area contributed by atoms with Crippen molar-refractivity contribution < 1.29 is 4.74 Å². The Kier molecular flexibility index (Phi) is 4.43. The number of nitrogens with one attached hydrogen (secondary N) is 1. The molecule has 0 aliphatic rings. The second kappa shape index (κ2) is 6.47. The van der Waals surface area contributed by atoms with Gasteiger partial charge in [-0.05, 0) is 11.1 Å². The van der Waals surface area contributed by atoms with Crippen molar-refractivity contribution in [3.05, 3.63) is 53.5 Å². The van der Waals surface area contributed by atoms with Gasteiger partial charge in [0, 0.05) is 26.0 Å². The highest BCUT2D eigenvalue weighted by Gasteiger charge is 2.03. The molecule has 0 saturated carbocycles. The number of hydrogen-bond acceptors (Lipinski definition) is 5. The summed E-state index contributed by atoms with van der Waals surface area (Å²) < 4.78 is 5.10. The molecule has 0 fully saturated rings. The highest BCUT2D eigenvalue weighted by atomic mass is 16.5. The van der Waals surface area contributed by atoms with Crippen LogP contribution in [0, 0.1) is 11.3 Å². The monoisotopic (exact) mass is 254 g/mol. The molecule has 1 heterocycles. The van der Waals surface area contributed by atoms with E-state index in [9.17, 15) is 0 Å². The van der Waals surface area contributed by atoms with Crippen LogP contribution in [0.3, 0.4) is 0 Å². The van der Waals surface area contributed by atoms with Crippen molar-refractivity contribution in [2.24, 2.45) is 0 Å². The number of rotatable bonds is 5. The van der Waals surface area contributed by atoms with Gasteiger partial charge < -0.3 is 10.1 Å². The average molecular weight is 254 g/mol. The fourth-order valence-electron chi connectivity index (χ4n) is 1.73. The number of nitrogens with zero attached hydrogens (tertiary/aromatic N) is 3. The van der Waals surface area contributed by atoms with Gasteiger partial charge in [0.05, 0.1) is 6.61 Å². The molecule has 96 valence electrons. The minimum absolute atomic E-state index is 0.301. The van der Waals surface area contributed by atoms with E-state index in [0.29, 0.717) is 24.7 Å². The van der Waals surface area contributed by atoms with Crippen molar-refractivity contribution in [3.63, 3.8) is 0 Å². The Balaban J connectivity index is 2.06. The molecule has 5 heteroatoms. The van der Waals surface area contributed by atoms with E-state index in [1.165, 1.54) is 6.20 Å². The topological polar surface area (TPSA) is 70.8 Å². The molecule has 0 bridgehead atoms. The Morgan fingerprint density at radius 3 is 2.84 bits per heavy atom. The normalized spacial score (nSPS) is 9.89. The molecule has 5 nitrogen and oxygen atoms in total. The van der Waals surface area contributed by atoms with Gasteiger partial charge in [0.1, 0.15) is 6.07 Å². The van der Waals surface area contributed by atoms with E-state index in [1.807, 2.05) is 24.3 Å². The Hall–Kier alpha value is -2.45. The van der Waals surface area contributed by atoms with Gasteiger partial charge in [-0.1, -0.05) is 24.3 Å². The number of anilines is 1. The number of aromatic nitrogens is 2. The molecular formula is C14H14N4O. The molecule has 2 aromatic rings. The maximum atomic E-state index is 8.92. The Labute approximate surface area is 111 Å². The van der Waals surface area contributed by atoms with Gasteiger partial charge in [-0.15, -0.1) is 0 Å². The summed E-state index contributed by atoms with van der Waals surface area (Å²) in [6.45, 7) is 1.17. The maximum absolute atomic E-state index is 8.92. The van der Waals surface area contributed by atoms with E-state index in [1.54, 1.807) is 13.3 Å². The zero-order valence-corrected chi connectivity index (χ0v) is 10.6. The molecule has 0 radical (unpaired) electrons. The summed E-state index contributed by atoms with van der Waals surface area (Å²) in [6, 6.07) is 10.1. The molecule has 0 spiro atoms. The van der Waals surface area contributed by atoms with Gasteiger partial charge >= 0.3 is 0 Å². The summed E-state index contributed by atoms with van der Waals surface area (Å²) in [6.07, 6.45) is 3.06. The summed E-state index contributed by atoms with van der Waals surface area (Å²) in [5.41, 5.74) is 2.51. The molecule has 1 aromatic heterocycles. The first-order valence-corrected chi connectivity index (χ1v) is 5.85. The van der Waals surface area contributed by atoms with Crippen LogP contribution >= 0.6 is 0 Å². The van der Waals surface area contributed by atoms with E-state index in [2.05, 4.69) is 21.4 Å². The lowest BCUT2D eigenvalue weighted by atomic mass is 10.1. The summed E-state index contributed by atoms with van der Waals surface area (Å²) in [5.74, 6) is 0.502. The zero-order valence-electron chi connectivity index (χ0n) is 10.6. The molecule has 0 aliphatic carbocycles. The molecule has 19 heavy (non-hydrogen) atoms. The van der Waals surface area contributed by atoms with Crippen LogP contribution in [0.4, 0.5) is 5.82 Å². The van der Waals surface area contributed by atoms with Crippen molar-refractivity contribution in [1.29, 1.82) is 5.26 Å². The predicted octanol–water partition coefficient (Wildman–Crippen LogP) is 2.11. The third kappa shape index (κ3) is 3.50. The van der Waals surface area contributed by atoms with Gasteiger partial charge in [-0.25, -0.2) is 9.97 Å². The minimum Gasteiger partial charge on any atom is -0.380 e. The Bertz CT molecular complexity index is 592. The molecule has 0 atom stereocenters. The third-order valence-electron chi connectivity index (χ3n) is 2.57. The smallest absolute Gasteiger partial charge is 0.182 e. The molecular weight excluding hydrogens is 240 g/mol. The second-order valence-corrected chi connectivity index (χ2v) is 3.97. The molecule has 1 aromatic carbocycles. The van der Waals surface area contributed by atoms with Crippen molar-refractivity contribution >= 4 is 5.82 Å². The van der Waals surface area contributed by atoms with E-state index in [0.717, 1.165) is 11.1 Å². The molecule has 1 N–H and O–H groups in total.